The van der Waals surface area contributed by atoms with Gasteiger partial charge < -0.3 is 19.3 Å². The fraction of sp³-hybridized carbons (Fsp3) is 0.889. The van der Waals surface area contributed by atoms with Crippen molar-refractivity contribution in [2.45, 2.75) is 32.6 Å². The van der Waals surface area contributed by atoms with Gasteiger partial charge in [-0.2, -0.15) is 0 Å². The van der Waals surface area contributed by atoms with Crippen LogP contribution in [0.5, 0.6) is 0 Å². The third-order valence-electron chi connectivity index (χ3n) is 1.92. The molecule has 1 amide bonds. The number of unbranched alkanes of at least 4 members (excludes halogenated alkanes) is 3. The number of hydrogen-bond acceptors (Lipinski definition) is 5. The molecule has 1 atom stereocenters. The largest absolute Gasteiger partial charge is 0.756 e. The molecule has 6 nitrogen and oxygen atoms in total. The van der Waals surface area contributed by atoms with Crippen LogP contribution in [0.3, 0.4) is 0 Å². The second-order valence-corrected chi connectivity index (χ2v) is 4.88. The number of phosphoric ester groups is 1. The molecule has 0 aromatic carbocycles. The van der Waals surface area contributed by atoms with Gasteiger partial charge >= 0.3 is 0 Å². The Kier molecular flexibility index (Phi) is 8.47. The van der Waals surface area contributed by atoms with Gasteiger partial charge in [-0.25, -0.2) is 0 Å². The molecule has 1 N–H and O–H groups in total. The van der Waals surface area contributed by atoms with Gasteiger partial charge in [0.25, 0.3) is 7.82 Å². The maximum Gasteiger partial charge on any atom is 0.267 e. The zero-order chi connectivity index (χ0) is 12.4. The van der Waals surface area contributed by atoms with E-state index in [4.69, 9.17) is 0 Å². The third-order valence-corrected chi connectivity index (χ3v) is 2.86. The van der Waals surface area contributed by atoms with Crippen LogP contribution < -0.4 is 10.2 Å². The van der Waals surface area contributed by atoms with Crippen molar-refractivity contribution in [2.24, 2.45) is 0 Å². The predicted molar refractivity (Wildman–Crippen MR) is 57.7 cm³/mol. The van der Waals surface area contributed by atoms with Gasteiger partial charge in [0.05, 0.1) is 6.61 Å². The molecule has 0 rings (SSSR count). The average molecular weight is 252 g/mol. The summed E-state index contributed by atoms with van der Waals surface area (Å²) in [6, 6.07) is 0. The average Bonchev–Trinajstić information content (AvgIpc) is 2.21. The van der Waals surface area contributed by atoms with Gasteiger partial charge in [0.15, 0.2) is 0 Å². The standard InChI is InChI=1S/C9H20NO5P/c1-9(11)10-7-5-3-4-6-8-15-16(12,13)14-2/h3-8H2,1-2H3,(H,10,11)(H,12,13)/p-1. The van der Waals surface area contributed by atoms with Crippen LogP contribution in [0.1, 0.15) is 32.6 Å². The summed E-state index contributed by atoms with van der Waals surface area (Å²) < 4.78 is 19.4. The van der Waals surface area contributed by atoms with Crippen molar-refractivity contribution in [2.75, 3.05) is 20.3 Å². The van der Waals surface area contributed by atoms with Gasteiger partial charge in [-0.1, -0.05) is 12.8 Å². The highest BCUT2D eigenvalue weighted by molar-refractivity contribution is 7.45. The van der Waals surface area contributed by atoms with Crippen molar-refractivity contribution in [3.8, 4) is 0 Å². The van der Waals surface area contributed by atoms with E-state index in [9.17, 15) is 14.3 Å². The highest BCUT2D eigenvalue weighted by atomic mass is 31.2. The van der Waals surface area contributed by atoms with Crippen LogP contribution >= 0.6 is 7.82 Å². The Morgan fingerprint density at radius 1 is 1.31 bits per heavy atom. The first-order chi connectivity index (χ1) is 7.48. The molecule has 0 aromatic rings. The molecule has 16 heavy (non-hydrogen) atoms. The lowest BCUT2D eigenvalue weighted by atomic mass is 10.2. The van der Waals surface area contributed by atoms with E-state index in [1.165, 1.54) is 6.92 Å². The molecule has 0 fully saturated rings. The molecule has 0 aliphatic carbocycles. The molecule has 0 saturated carbocycles. The molecule has 0 saturated heterocycles. The summed E-state index contributed by atoms with van der Waals surface area (Å²) in [4.78, 5) is 21.3. The van der Waals surface area contributed by atoms with Crippen molar-refractivity contribution >= 4 is 13.7 Å². The maximum absolute atomic E-state index is 10.7. The topological polar surface area (TPSA) is 87.7 Å². The predicted octanol–water partition coefficient (Wildman–Crippen LogP) is 0.814. The number of carbonyl (C=O) groups excluding carboxylic acids is 1. The van der Waals surface area contributed by atoms with Crippen molar-refractivity contribution in [3.05, 3.63) is 0 Å². The molecule has 0 aromatic heterocycles. The zero-order valence-corrected chi connectivity index (χ0v) is 10.6. The summed E-state index contributed by atoms with van der Waals surface area (Å²) in [5.74, 6) is -0.0317. The second-order valence-electron chi connectivity index (χ2n) is 3.36. The lowest BCUT2D eigenvalue weighted by molar-refractivity contribution is -0.223. The van der Waals surface area contributed by atoms with E-state index in [1.54, 1.807) is 0 Å². The van der Waals surface area contributed by atoms with Crippen LogP contribution in [0.2, 0.25) is 0 Å². The first kappa shape index (κ1) is 15.6. The Bertz CT molecular complexity index is 246. The summed E-state index contributed by atoms with van der Waals surface area (Å²) in [6.07, 6.45) is 3.34. The Morgan fingerprint density at radius 2 is 1.94 bits per heavy atom. The molecule has 0 radical (unpaired) electrons. The van der Waals surface area contributed by atoms with Gasteiger partial charge in [-0.15, -0.1) is 0 Å². The zero-order valence-electron chi connectivity index (χ0n) is 9.73. The molecule has 1 unspecified atom stereocenters. The minimum Gasteiger partial charge on any atom is -0.756 e. The lowest BCUT2D eigenvalue weighted by Gasteiger charge is -2.19. The number of carbonyl (C=O) groups is 1. The van der Waals surface area contributed by atoms with E-state index in [2.05, 4.69) is 14.4 Å². The van der Waals surface area contributed by atoms with E-state index >= 15 is 0 Å². The Morgan fingerprint density at radius 3 is 2.50 bits per heavy atom. The summed E-state index contributed by atoms with van der Waals surface area (Å²) in [5.41, 5.74) is 0. The quantitative estimate of drug-likeness (QED) is 0.484. The van der Waals surface area contributed by atoms with E-state index < -0.39 is 7.82 Å². The fourth-order valence-electron chi connectivity index (χ4n) is 1.07. The summed E-state index contributed by atoms with van der Waals surface area (Å²) in [7, 11) is -2.98. The summed E-state index contributed by atoms with van der Waals surface area (Å²) in [6.45, 7) is 2.29. The SMILES string of the molecule is COP(=O)([O-])OCCCCCCNC(C)=O. The fourth-order valence-corrected chi connectivity index (χ4v) is 1.53. The van der Waals surface area contributed by atoms with Crippen LogP contribution in [0.15, 0.2) is 0 Å². The molecular formula is C9H19NO5P-. The van der Waals surface area contributed by atoms with E-state index in [1.807, 2.05) is 0 Å². The van der Waals surface area contributed by atoms with Gasteiger partial charge in [-0.05, 0) is 12.8 Å². The Labute approximate surface area is 95.9 Å². The first-order valence-corrected chi connectivity index (χ1v) is 6.70. The van der Waals surface area contributed by atoms with Crippen molar-refractivity contribution in [1.29, 1.82) is 0 Å². The highest BCUT2D eigenvalue weighted by Gasteiger charge is 2.04. The molecule has 7 heteroatoms. The van der Waals surface area contributed by atoms with Gasteiger partial charge in [-0.3, -0.25) is 9.36 Å². The molecule has 0 bridgehead atoms. The number of nitrogens with one attached hydrogen (secondary N) is 1. The Hall–Kier alpha value is -0.420. The van der Waals surface area contributed by atoms with Gasteiger partial charge in [0, 0.05) is 20.6 Å². The number of rotatable bonds is 9. The number of hydrogen-bond donors (Lipinski definition) is 1. The highest BCUT2D eigenvalue weighted by Crippen LogP contribution is 2.36. The van der Waals surface area contributed by atoms with Gasteiger partial charge in [0.2, 0.25) is 5.91 Å². The van der Waals surface area contributed by atoms with Crippen LogP contribution in [0.4, 0.5) is 0 Å². The minimum atomic E-state index is -4.05. The molecule has 0 spiro atoms. The van der Waals surface area contributed by atoms with Gasteiger partial charge in [0.1, 0.15) is 0 Å². The summed E-state index contributed by atoms with van der Waals surface area (Å²) >= 11 is 0. The van der Waals surface area contributed by atoms with Crippen molar-refractivity contribution < 1.29 is 23.3 Å². The smallest absolute Gasteiger partial charge is 0.267 e. The van der Waals surface area contributed by atoms with Crippen LogP contribution in [-0.2, 0) is 18.4 Å². The normalized spacial score (nSPS) is 14.4. The Balaban J connectivity index is 3.22. The van der Waals surface area contributed by atoms with E-state index in [-0.39, 0.29) is 12.5 Å². The van der Waals surface area contributed by atoms with Crippen LogP contribution in [0.25, 0.3) is 0 Å². The molecule has 0 heterocycles. The maximum atomic E-state index is 10.7. The van der Waals surface area contributed by atoms with Crippen LogP contribution in [-0.4, -0.2) is 26.2 Å². The van der Waals surface area contributed by atoms with Crippen molar-refractivity contribution in [3.63, 3.8) is 0 Å². The summed E-state index contributed by atoms with van der Waals surface area (Å²) in [5, 5.41) is 2.69. The van der Waals surface area contributed by atoms with Crippen molar-refractivity contribution in [1.82, 2.24) is 5.32 Å². The third kappa shape index (κ3) is 10.1. The molecular weight excluding hydrogens is 233 g/mol. The molecule has 0 aliphatic rings. The monoisotopic (exact) mass is 252 g/mol. The molecule has 0 aliphatic heterocycles. The van der Waals surface area contributed by atoms with E-state index in [0.717, 1.165) is 26.4 Å². The number of phosphoric acid groups is 1. The molecule has 96 valence electrons. The first-order valence-electron chi connectivity index (χ1n) is 5.23. The van der Waals surface area contributed by atoms with Crippen LogP contribution in [0, 0.1) is 0 Å². The second kappa shape index (κ2) is 8.70. The minimum absolute atomic E-state index is 0.0317. The lowest BCUT2D eigenvalue weighted by Crippen LogP contribution is -2.20. The van der Waals surface area contributed by atoms with E-state index in [0.29, 0.717) is 13.0 Å². The number of amides is 1.